The van der Waals surface area contributed by atoms with Gasteiger partial charge in [-0.05, 0) is 37.1 Å². The fraction of sp³-hybridized carbons (Fsp3) is 0.318. The molecule has 2 unspecified atom stereocenters. The van der Waals surface area contributed by atoms with Crippen molar-refractivity contribution in [2.24, 2.45) is 10.9 Å². The van der Waals surface area contributed by atoms with Crippen molar-refractivity contribution in [2.75, 3.05) is 14.2 Å². The van der Waals surface area contributed by atoms with Crippen LogP contribution in [-0.2, 0) is 16.1 Å². The summed E-state index contributed by atoms with van der Waals surface area (Å²) in [6, 6.07) is 9.42. The highest BCUT2D eigenvalue weighted by atomic mass is 16.5. The van der Waals surface area contributed by atoms with E-state index in [9.17, 15) is 14.7 Å². The molecule has 0 aromatic heterocycles. The fourth-order valence-electron chi connectivity index (χ4n) is 3.32. The van der Waals surface area contributed by atoms with E-state index in [1.165, 1.54) is 14.2 Å². The highest BCUT2D eigenvalue weighted by Crippen LogP contribution is 2.41. The highest BCUT2D eigenvalue weighted by molar-refractivity contribution is 6.08. The van der Waals surface area contributed by atoms with Crippen LogP contribution in [0.2, 0.25) is 0 Å². The first kappa shape index (κ1) is 21.2. The van der Waals surface area contributed by atoms with E-state index in [1.807, 2.05) is 31.2 Å². The minimum Gasteiger partial charge on any atom is -0.502 e. The Morgan fingerprint density at radius 1 is 1.10 bits per heavy atom. The van der Waals surface area contributed by atoms with E-state index in [1.54, 1.807) is 19.1 Å². The summed E-state index contributed by atoms with van der Waals surface area (Å²) >= 11 is 0. The van der Waals surface area contributed by atoms with Crippen LogP contribution in [-0.4, -0.2) is 37.0 Å². The number of benzene rings is 2. The standard InChI is InChI=1S/C22H24N2O6/c1-12-5-7-14(8-6-12)11-30-21(26)18-13(2)23-22(27)24-19(18)15-9-16(28-3)20(25)17(10-15)29-4/h5-10,18-19,25H,11H2,1-4H3,(H,24,27). The topological polar surface area (TPSA) is 106 Å². The molecule has 2 N–H and O–H groups in total. The Labute approximate surface area is 174 Å². The molecular formula is C22H24N2O6. The SMILES string of the molecule is COc1cc(C2NC(=O)N=C(C)C2C(=O)OCc2ccc(C)cc2)cc(OC)c1O. The largest absolute Gasteiger partial charge is 0.502 e. The number of rotatable bonds is 6. The fourth-order valence-corrected chi connectivity index (χ4v) is 3.32. The van der Waals surface area contributed by atoms with Crippen LogP contribution < -0.4 is 14.8 Å². The maximum Gasteiger partial charge on any atom is 0.341 e. The van der Waals surface area contributed by atoms with Gasteiger partial charge in [0.2, 0.25) is 5.75 Å². The third-order valence-corrected chi connectivity index (χ3v) is 4.96. The Kier molecular flexibility index (Phi) is 6.25. The predicted molar refractivity (Wildman–Crippen MR) is 110 cm³/mol. The van der Waals surface area contributed by atoms with Crippen LogP contribution in [0.4, 0.5) is 4.79 Å². The van der Waals surface area contributed by atoms with Crippen molar-refractivity contribution >= 4 is 17.7 Å². The number of esters is 1. The number of methoxy groups -OCH3 is 2. The molecule has 1 heterocycles. The number of urea groups is 1. The van der Waals surface area contributed by atoms with Crippen molar-refractivity contribution in [1.82, 2.24) is 5.32 Å². The first-order valence-corrected chi connectivity index (χ1v) is 9.36. The van der Waals surface area contributed by atoms with Crippen molar-refractivity contribution < 1.29 is 28.9 Å². The number of hydrogen-bond acceptors (Lipinski definition) is 6. The molecule has 0 radical (unpaired) electrons. The summed E-state index contributed by atoms with van der Waals surface area (Å²) in [4.78, 5) is 28.9. The van der Waals surface area contributed by atoms with E-state index < -0.39 is 24.0 Å². The van der Waals surface area contributed by atoms with Gasteiger partial charge in [0.15, 0.2) is 11.5 Å². The molecule has 158 valence electrons. The summed E-state index contributed by atoms with van der Waals surface area (Å²) in [5.74, 6) is -1.22. The van der Waals surface area contributed by atoms with Crippen molar-refractivity contribution in [2.45, 2.75) is 26.5 Å². The van der Waals surface area contributed by atoms with Crippen LogP contribution in [0.1, 0.15) is 29.7 Å². The normalized spacial score (nSPS) is 18.3. The van der Waals surface area contributed by atoms with Gasteiger partial charge in [-0.3, -0.25) is 4.79 Å². The smallest absolute Gasteiger partial charge is 0.341 e. The third-order valence-electron chi connectivity index (χ3n) is 4.96. The minimum atomic E-state index is -0.841. The lowest BCUT2D eigenvalue weighted by molar-refractivity contribution is -0.148. The summed E-state index contributed by atoms with van der Waals surface area (Å²) in [6.45, 7) is 3.69. The second-order valence-electron chi connectivity index (χ2n) is 7.03. The number of phenols is 1. The number of carbonyl (C=O) groups is 2. The monoisotopic (exact) mass is 412 g/mol. The first-order chi connectivity index (χ1) is 14.3. The molecule has 2 aromatic rings. The van der Waals surface area contributed by atoms with Crippen molar-refractivity contribution in [3.05, 3.63) is 53.1 Å². The van der Waals surface area contributed by atoms with Crippen LogP contribution in [0.15, 0.2) is 41.4 Å². The Bertz CT molecular complexity index is 959. The molecule has 2 atom stereocenters. The van der Waals surface area contributed by atoms with Gasteiger partial charge < -0.3 is 24.6 Å². The van der Waals surface area contributed by atoms with Gasteiger partial charge in [0.25, 0.3) is 0 Å². The molecule has 2 aromatic carbocycles. The molecule has 1 aliphatic rings. The van der Waals surface area contributed by atoms with Crippen molar-refractivity contribution in [3.8, 4) is 17.2 Å². The van der Waals surface area contributed by atoms with Crippen molar-refractivity contribution in [1.29, 1.82) is 0 Å². The highest BCUT2D eigenvalue weighted by Gasteiger charge is 2.38. The summed E-state index contributed by atoms with van der Waals surface area (Å²) in [6.07, 6.45) is 0. The van der Waals surface area contributed by atoms with Gasteiger partial charge in [-0.15, -0.1) is 0 Å². The maximum absolute atomic E-state index is 12.9. The van der Waals surface area contributed by atoms with Gasteiger partial charge in [-0.1, -0.05) is 29.8 Å². The van der Waals surface area contributed by atoms with Crippen LogP contribution in [0.3, 0.4) is 0 Å². The molecule has 2 amide bonds. The molecule has 0 saturated carbocycles. The van der Waals surface area contributed by atoms with Gasteiger partial charge in [-0.2, -0.15) is 0 Å². The number of amides is 2. The molecule has 0 saturated heterocycles. The molecule has 8 nitrogen and oxygen atoms in total. The molecule has 0 aliphatic carbocycles. The predicted octanol–water partition coefficient (Wildman–Crippen LogP) is 3.30. The first-order valence-electron chi connectivity index (χ1n) is 9.36. The Morgan fingerprint density at radius 2 is 1.70 bits per heavy atom. The number of ether oxygens (including phenoxy) is 3. The molecule has 0 fully saturated rings. The molecule has 0 bridgehead atoms. The number of hydrogen-bond donors (Lipinski definition) is 2. The zero-order valence-electron chi connectivity index (χ0n) is 17.3. The third kappa shape index (κ3) is 4.37. The maximum atomic E-state index is 12.9. The lowest BCUT2D eigenvalue weighted by Crippen LogP contribution is -2.44. The average molecular weight is 412 g/mol. The number of nitrogens with zero attached hydrogens (tertiary/aromatic N) is 1. The van der Waals surface area contributed by atoms with E-state index in [2.05, 4.69) is 10.3 Å². The number of aromatic hydroxyl groups is 1. The Morgan fingerprint density at radius 3 is 2.27 bits per heavy atom. The molecular weight excluding hydrogens is 388 g/mol. The summed E-state index contributed by atoms with van der Waals surface area (Å²) in [5.41, 5.74) is 2.82. The van der Waals surface area contributed by atoms with Gasteiger partial charge in [-0.25, -0.2) is 9.79 Å². The Balaban J connectivity index is 1.90. The minimum absolute atomic E-state index is 0.103. The van der Waals surface area contributed by atoms with Crippen molar-refractivity contribution in [3.63, 3.8) is 0 Å². The van der Waals surface area contributed by atoms with Crippen LogP contribution in [0.5, 0.6) is 17.2 Å². The summed E-state index contributed by atoms with van der Waals surface area (Å²) < 4.78 is 15.9. The summed E-state index contributed by atoms with van der Waals surface area (Å²) in [5, 5.41) is 12.9. The van der Waals surface area contributed by atoms with E-state index in [0.717, 1.165) is 11.1 Å². The van der Waals surface area contributed by atoms with E-state index in [0.29, 0.717) is 11.3 Å². The number of nitrogens with one attached hydrogen (secondary N) is 1. The zero-order chi connectivity index (χ0) is 21.8. The average Bonchev–Trinajstić information content (AvgIpc) is 2.72. The molecule has 0 spiro atoms. The van der Waals surface area contributed by atoms with Gasteiger partial charge in [0, 0.05) is 5.71 Å². The second kappa shape index (κ2) is 8.86. The molecule has 3 rings (SSSR count). The summed E-state index contributed by atoms with van der Waals surface area (Å²) in [7, 11) is 2.80. The quantitative estimate of drug-likeness (QED) is 0.705. The molecule has 30 heavy (non-hydrogen) atoms. The number of aliphatic imine (C=N–C) groups is 1. The van der Waals surface area contributed by atoms with Gasteiger partial charge >= 0.3 is 12.0 Å². The number of aryl methyl sites for hydroxylation is 1. The molecule has 8 heteroatoms. The van der Waals surface area contributed by atoms with E-state index >= 15 is 0 Å². The van der Waals surface area contributed by atoms with Crippen LogP contribution in [0, 0.1) is 12.8 Å². The zero-order valence-corrected chi connectivity index (χ0v) is 17.3. The second-order valence-corrected chi connectivity index (χ2v) is 7.03. The number of phenolic OH excluding ortho intramolecular Hbond substituents is 1. The number of carbonyl (C=O) groups excluding carboxylic acids is 2. The van der Waals surface area contributed by atoms with Gasteiger partial charge in [0.05, 0.1) is 20.3 Å². The van der Waals surface area contributed by atoms with Crippen LogP contribution in [0.25, 0.3) is 0 Å². The lowest BCUT2D eigenvalue weighted by atomic mass is 9.88. The van der Waals surface area contributed by atoms with Crippen LogP contribution >= 0.6 is 0 Å². The Hall–Kier alpha value is -3.55. The van der Waals surface area contributed by atoms with E-state index in [4.69, 9.17) is 14.2 Å². The van der Waals surface area contributed by atoms with Gasteiger partial charge in [0.1, 0.15) is 12.5 Å². The van der Waals surface area contributed by atoms with E-state index in [-0.39, 0.29) is 23.9 Å². The molecule has 1 aliphatic heterocycles. The lowest BCUT2D eigenvalue weighted by Gasteiger charge is -2.30.